The van der Waals surface area contributed by atoms with Gasteiger partial charge in [-0.25, -0.2) is 12.8 Å². The first kappa shape index (κ1) is 14.4. The molecule has 19 heavy (non-hydrogen) atoms. The second-order valence-corrected chi connectivity index (χ2v) is 7.26. The van der Waals surface area contributed by atoms with Crippen molar-refractivity contribution in [3.8, 4) is 0 Å². The quantitative estimate of drug-likeness (QED) is 0.895. The van der Waals surface area contributed by atoms with Gasteiger partial charge in [0.1, 0.15) is 5.82 Å². The molecule has 1 saturated heterocycles. The average Bonchev–Trinajstić information content (AvgIpc) is 2.70. The predicted octanol–water partition coefficient (Wildman–Crippen LogP) is 1.70. The Kier molecular flexibility index (Phi) is 4.52. The number of sulfone groups is 1. The first-order chi connectivity index (χ1) is 9.02. The number of hydrogen-bond acceptors (Lipinski definition) is 4. The molecule has 0 radical (unpaired) electrons. The van der Waals surface area contributed by atoms with E-state index in [1.807, 2.05) is 6.92 Å². The van der Waals surface area contributed by atoms with Gasteiger partial charge in [0.05, 0.1) is 17.7 Å². The van der Waals surface area contributed by atoms with Crippen molar-refractivity contribution in [1.82, 2.24) is 10.3 Å². The molecule has 1 aliphatic rings. The van der Waals surface area contributed by atoms with Gasteiger partial charge >= 0.3 is 0 Å². The highest BCUT2D eigenvalue weighted by molar-refractivity contribution is 7.91. The van der Waals surface area contributed by atoms with Gasteiger partial charge in [-0.2, -0.15) is 0 Å². The van der Waals surface area contributed by atoms with Crippen molar-refractivity contribution in [2.75, 3.05) is 18.1 Å². The van der Waals surface area contributed by atoms with Crippen LogP contribution in [0.25, 0.3) is 0 Å². The van der Waals surface area contributed by atoms with Gasteiger partial charge in [0, 0.05) is 12.2 Å². The molecule has 1 aliphatic heterocycles. The normalized spacial score (nSPS) is 23.4. The second-order valence-electron chi connectivity index (χ2n) is 5.03. The summed E-state index contributed by atoms with van der Waals surface area (Å²) < 4.78 is 36.5. The van der Waals surface area contributed by atoms with E-state index in [4.69, 9.17) is 0 Å². The molecule has 1 fully saturated rings. The van der Waals surface area contributed by atoms with Gasteiger partial charge in [0.25, 0.3) is 0 Å². The topological polar surface area (TPSA) is 59.1 Å². The van der Waals surface area contributed by atoms with Crippen molar-refractivity contribution in [1.29, 1.82) is 0 Å². The molecule has 0 amide bonds. The van der Waals surface area contributed by atoms with Gasteiger partial charge in [0.15, 0.2) is 9.84 Å². The van der Waals surface area contributed by atoms with E-state index in [-0.39, 0.29) is 29.3 Å². The molecule has 2 rings (SSSR count). The Hall–Kier alpha value is -1.01. The van der Waals surface area contributed by atoms with Crippen LogP contribution in [-0.2, 0) is 9.84 Å². The van der Waals surface area contributed by atoms with Crippen LogP contribution in [0.3, 0.4) is 0 Å². The molecule has 0 bridgehead atoms. The second kappa shape index (κ2) is 5.96. The Morgan fingerprint density at radius 3 is 2.89 bits per heavy atom. The Balaban J connectivity index is 2.21. The van der Waals surface area contributed by atoms with Crippen molar-refractivity contribution in [2.24, 2.45) is 5.92 Å². The Morgan fingerprint density at radius 2 is 2.32 bits per heavy atom. The molecule has 6 heteroatoms. The maximum Gasteiger partial charge on any atom is 0.150 e. The monoisotopic (exact) mass is 286 g/mol. The van der Waals surface area contributed by atoms with Crippen molar-refractivity contribution in [2.45, 2.75) is 25.8 Å². The van der Waals surface area contributed by atoms with E-state index >= 15 is 0 Å². The van der Waals surface area contributed by atoms with Crippen LogP contribution in [0.2, 0.25) is 0 Å². The summed E-state index contributed by atoms with van der Waals surface area (Å²) in [5, 5.41) is 3.32. The van der Waals surface area contributed by atoms with E-state index in [0.717, 1.165) is 24.7 Å². The number of nitrogens with zero attached hydrogens (tertiary/aromatic N) is 1. The van der Waals surface area contributed by atoms with Crippen LogP contribution in [0.1, 0.15) is 31.4 Å². The molecule has 2 unspecified atom stereocenters. The van der Waals surface area contributed by atoms with Crippen LogP contribution in [0.5, 0.6) is 0 Å². The predicted molar refractivity (Wildman–Crippen MR) is 72.0 cm³/mol. The van der Waals surface area contributed by atoms with E-state index < -0.39 is 9.84 Å². The maximum absolute atomic E-state index is 13.3. The van der Waals surface area contributed by atoms with Crippen molar-refractivity contribution in [3.05, 3.63) is 29.8 Å². The SMILES string of the molecule is CCCNC(c1cncc(F)c1)C1CCS(=O)(=O)C1. The summed E-state index contributed by atoms with van der Waals surface area (Å²) in [6.45, 7) is 2.82. The molecule has 2 atom stereocenters. The van der Waals surface area contributed by atoms with Crippen molar-refractivity contribution >= 4 is 9.84 Å². The molecule has 0 saturated carbocycles. The summed E-state index contributed by atoms with van der Waals surface area (Å²) in [5.41, 5.74) is 0.732. The lowest BCUT2D eigenvalue weighted by atomic mass is 9.93. The van der Waals surface area contributed by atoms with Gasteiger partial charge in [-0.1, -0.05) is 6.92 Å². The van der Waals surface area contributed by atoms with Gasteiger partial charge in [-0.15, -0.1) is 0 Å². The molecule has 0 spiro atoms. The molecule has 1 aromatic heterocycles. The van der Waals surface area contributed by atoms with Gasteiger partial charge in [-0.05, 0) is 36.9 Å². The molecular weight excluding hydrogens is 267 g/mol. The highest BCUT2D eigenvalue weighted by atomic mass is 32.2. The Labute approximate surface area is 113 Å². The van der Waals surface area contributed by atoms with E-state index in [9.17, 15) is 12.8 Å². The van der Waals surface area contributed by atoms with E-state index in [2.05, 4.69) is 10.3 Å². The molecule has 2 heterocycles. The minimum atomic E-state index is -2.94. The number of nitrogens with one attached hydrogen (secondary N) is 1. The van der Waals surface area contributed by atoms with E-state index in [0.29, 0.717) is 6.42 Å². The largest absolute Gasteiger partial charge is 0.310 e. The highest BCUT2D eigenvalue weighted by Crippen LogP contribution is 2.31. The van der Waals surface area contributed by atoms with Crippen molar-refractivity contribution in [3.63, 3.8) is 0 Å². The lowest BCUT2D eigenvalue weighted by molar-refractivity contribution is 0.390. The minimum Gasteiger partial charge on any atom is -0.310 e. The van der Waals surface area contributed by atoms with E-state index in [1.54, 1.807) is 6.20 Å². The minimum absolute atomic E-state index is 0.000139. The molecule has 4 nitrogen and oxygen atoms in total. The zero-order valence-corrected chi connectivity index (χ0v) is 11.8. The first-order valence-corrected chi connectivity index (χ1v) is 8.38. The maximum atomic E-state index is 13.3. The third kappa shape index (κ3) is 3.73. The number of hydrogen-bond donors (Lipinski definition) is 1. The molecule has 1 N–H and O–H groups in total. The number of halogens is 1. The highest BCUT2D eigenvalue weighted by Gasteiger charge is 2.34. The third-order valence-electron chi connectivity index (χ3n) is 3.44. The number of aromatic nitrogens is 1. The fourth-order valence-corrected chi connectivity index (χ4v) is 4.38. The lowest BCUT2D eigenvalue weighted by Crippen LogP contribution is -2.30. The summed E-state index contributed by atoms with van der Waals surface area (Å²) in [7, 11) is -2.94. The van der Waals surface area contributed by atoms with Gasteiger partial charge in [0.2, 0.25) is 0 Å². The Bertz CT molecular complexity index is 533. The lowest BCUT2D eigenvalue weighted by Gasteiger charge is -2.24. The van der Waals surface area contributed by atoms with E-state index in [1.165, 1.54) is 6.07 Å². The molecule has 106 valence electrons. The average molecular weight is 286 g/mol. The molecule has 1 aromatic rings. The fourth-order valence-electron chi connectivity index (χ4n) is 2.54. The van der Waals surface area contributed by atoms with Gasteiger partial charge < -0.3 is 5.32 Å². The van der Waals surface area contributed by atoms with Crippen LogP contribution in [0.4, 0.5) is 4.39 Å². The zero-order valence-electron chi connectivity index (χ0n) is 11.0. The summed E-state index contributed by atoms with van der Waals surface area (Å²) >= 11 is 0. The summed E-state index contributed by atoms with van der Waals surface area (Å²) in [6.07, 6.45) is 4.34. The van der Waals surface area contributed by atoms with Crippen LogP contribution >= 0.6 is 0 Å². The van der Waals surface area contributed by atoms with Crippen LogP contribution < -0.4 is 5.32 Å². The summed E-state index contributed by atoms with van der Waals surface area (Å²) in [4.78, 5) is 3.86. The molecule has 0 aliphatic carbocycles. The number of rotatable bonds is 5. The number of pyridine rings is 1. The summed E-state index contributed by atoms with van der Waals surface area (Å²) in [5.74, 6) is 0.0112. The van der Waals surface area contributed by atoms with Crippen LogP contribution in [0.15, 0.2) is 18.5 Å². The Morgan fingerprint density at radius 1 is 1.53 bits per heavy atom. The summed E-state index contributed by atoms with van der Waals surface area (Å²) in [6, 6.07) is 1.30. The van der Waals surface area contributed by atoms with Gasteiger partial charge in [-0.3, -0.25) is 4.98 Å². The van der Waals surface area contributed by atoms with Crippen LogP contribution in [-0.4, -0.2) is 31.5 Å². The third-order valence-corrected chi connectivity index (χ3v) is 5.23. The first-order valence-electron chi connectivity index (χ1n) is 6.56. The standard InChI is InChI=1S/C13H19FN2O2S/c1-2-4-16-13(10-3-5-19(17,18)9-10)11-6-12(14)8-15-7-11/h6-8,10,13,16H,2-5,9H2,1H3. The van der Waals surface area contributed by atoms with Crippen molar-refractivity contribution < 1.29 is 12.8 Å². The smallest absolute Gasteiger partial charge is 0.150 e. The zero-order chi connectivity index (χ0) is 13.9. The fraction of sp³-hybridized carbons (Fsp3) is 0.615. The molecular formula is C13H19FN2O2S. The molecule has 0 aromatic carbocycles. The van der Waals surface area contributed by atoms with Crippen LogP contribution in [0, 0.1) is 11.7 Å².